The molecular weight excluding hydrogens is 184 g/mol. The van der Waals surface area contributed by atoms with Gasteiger partial charge in [0.2, 0.25) is 5.95 Å². The van der Waals surface area contributed by atoms with E-state index in [1.807, 2.05) is 18.2 Å². The van der Waals surface area contributed by atoms with E-state index >= 15 is 0 Å². The molecular formula is C11H7F2N. The third kappa shape index (κ3) is 1.62. The molecule has 0 amide bonds. The van der Waals surface area contributed by atoms with Gasteiger partial charge in [-0.3, -0.25) is 0 Å². The predicted octanol–water partition coefficient (Wildman–Crippen LogP) is 3.03. The number of hydrogen-bond donors (Lipinski definition) is 0. The van der Waals surface area contributed by atoms with Crippen molar-refractivity contribution in [3.63, 3.8) is 0 Å². The minimum atomic E-state index is -1.06. The SMILES string of the molecule is Fc1ccc(-c2ccccc2)nc1F. The average Bonchev–Trinajstić information content (AvgIpc) is 2.23. The summed E-state index contributed by atoms with van der Waals surface area (Å²) in [6.07, 6.45) is 0. The van der Waals surface area contributed by atoms with Crippen LogP contribution in [0.25, 0.3) is 11.3 Å². The molecule has 70 valence electrons. The predicted molar refractivity (Wildman–Crippen MR) is 49.6 cm³/mol. The van der Waals surface area contributed by atoms with Crippen LogP contribution in [0.5, 0.6) is 0 Å². The summed E-state index contributed by atoms with van der Waals surface area (Å²) in [6, 6.07) is 11.6. The first-order valence-corrected chi connectivity index (χ1v) is 4.15. The zero-order valence-corrected chi connectivity index (χ0v) is 7.24. The van der Waals surface area contributed by atoms with Crippen LogP contribution >= 0.6 is 0 Å². The molecule has 0 aliphatic carbocycles. The fourth-order valence-electron chi connectivity index (χ4n) is 1.19. The summed E-state index contributed by atoms with van der Waals surface area (Å²) in [6.45, 7) is 0. The summed E-state index contributed by atoms with van der Waals surface area (Å²) < 4.78 is 25.4. The van der Waals surface area contributed by atoms with Gasteiger partial charge in [-0.05, 0) is 12.1 Å². The van der Waals surface area contributed by atoms with Gasteiger partial charge in [0, 0.05) is 5.56 Å². The molecule has 0 saturated heterocycles. The number of pyridine rings is 1. The molecule has 2 aromatic rings. The Hall–Kier alpha value is -1.77. The van der Waals surface area contributed by atoms with Crippen molar-refractivity contribution >= 4 is 0 Å². The number of hydrogen-bond acceptors (Lipinski definition) is 1. The van der Waals surface area contributed by atoms with E-state index in [0.717, 1.165) is 11.6 Å². The summed E-state index contributed by atoms with van der Waals surface area (Å²) in [5, 5.41) is 0. The molecule has 0 atom stereocenters. The molecule has 0 fully saturated rings. The Labute approximate surface area is 80.0 Å². The Morgan fingerprint density at radius 3 is 2.21 bits per heavy atom. The van der Waals surface area contributed by atoms with Crippen LogP contribution in [0.4, 0.5) is 8.78 Å². The molecule has 3 heteroatoms. The van der Waals surface area contributed by atoms with Gasteiger partial charge in [0.05, 0.1) is 5.69 Å². The second-order valence-electron chi connectivity index (χ2n) is 2.84. The molecule has 0 aliphatic heterocycles. The number of aromatic nitrogens is 1. The van der Waals surface area contributed by atoms with Crippen molar-refractivity contribution in [2.45, 2.75) is 0 Å². The molecule has 1 aromatic carbocycles. The average molecular weight is 191 g/mol. The normalized spacial score (nSPS) is 10.1. The summed E-state index contributed by atoms with van der Waals surface area (Å²) in [4.78, 5) is 3.50. The Kier molecular flexibility index (Phi) is 2.23. The highest BCUT2D eigenvalue weighted by molar-refractivity contribution is 5.58. The third-order valence-corrected chi connectivity index (χ3v) is 1.87. The zero-order chi connectivity index (χ0) is 9.97. The van der Waals surface area contributed by atoms with Gasteiger partial charge in [0.25, 0.3) is 0 Å². The van der Waals surface area contributed by atoms with E-state index in [0.29, 0.717) is 5.69 Å². The second-order valence-corrected chi connectivity index (χ2v) is 2.84. The van der Waals surface area contributed by atoms with E-state index in [2.05, 4.69) is 4.98 Å². The quantitative estimate of drug-likeness (QED) is 0.631. The van der Waals surface area contributed by atoms with Crippen molar-refractivity contribution in [3.05, 3.63) is 54.2 Å². The van der Waals surface area contributed by atoms with Gasteiger partial charge in [0.15, 0.2) is 5.82 Å². The summed E-state index contributed by atoms with van der Waals surface area (Å²) in [5.74, 6) is -1.99. The molecule has 0 aliphatic rings. The van der Waals surface area contributed by atoms with E-state index in [4.69, 9.17) is 0 Å². The first-order chi connectivity index (χ1) is 6.77. The number of rotatable bonds is 1. The van der Waals surface area contributed by atoms with Gasteiger partial charge in [-0.25, -0.2) is 9.37 Å². The molecule has 0 N–H and O–H groups in total. The summed E-state index contributed by atoms with van der Waals surface area (Å²) >= 11 is 0. The number of halogens is 2. The topological polar surface area (TPSA) is 12.9 Å². The first-order valence-electron chi connectivity index (χ1n) is 4.15. The van der Waals surface area contributed by atoms with Gasteiger partial charge >= 0.3 is 0 Å². The molecule has 0 unspecified atom stereocenters. The third-order valence-electron chi connectivity index (χ3n) is 1.87. The maximum atomic E-state index is 12.8. The van der Waals surface area contributed by atoms with Crippen LogP contribution in [0, 0.1) is 11.8 Å². The lowest BCUT2D eigenvalue weighted by atomic mass is 10.1. The number of nitrogens with zero attached hydrogens (tertiary/aromatic N) is 1. The Balaban J connectivity index is 2.48. The highest BCUT2D eigenvalue weighted by atomic mass is 19.2. The van der Waals surface area contributed by atoms with E-state index in [1.54, 1.807) is 12.1 Å². The monoisotopic (exact) mass is 191 g/mol. The lowest BCUT2D eigenvalue weighted by Gasteiger charge is -2.00. The van der Waals surface area contributed by atoms with Crippen molar-refractivity contribution in [1.82, 2.24) is 4.98 Å². The van der Waals surface area contributed by atoms with Crippen molar-refractivity contribution in [2.75, 3.05) is 0 Å². The smallest absolute Gasteiger partial charge is 0.217 e. The fourth-order valence-corrected chi connectivity index (χ4v) is 1.19. The van der Waals surface area contributed by atoms with Crippen LogP contribution < -0.4 is 0 Å². The van der Waals surface area contributed by atoms with Crippen LogP contribution in [0.2, 0.25) is 0 Å². The fraction of sp³-hybridized carbons (Fsp3) is 0. The molecule has 1 heterocycles. The lowest BCUT2D eigenvalue weighted by Crippen LogP contribution is -1.91. The zero-order valence-electron chi connectivity index (χ0n) is 7.24. The summed E-state index contributed by atoms with van der Waals surface area (Å²) in [7, 11) is 0. The van der Waals surface area contributed by atoms with Gasteiger partial charge in [-0.1, -0.05) is 30.3 Å². The van der Waals surface area contributed by atoms with Gasteiger partial charge < -0.3 is 0 Å². The molecule has 1 nitrogen and oxygen atoms in total. The largest absolute Gasteiger partial charge is 0.249 e. The van der Waals surface area contributed by atoms with Crippen molar-refractivity contribution in [2.24, 2.45) is 0 Å². The molecule has 0 spiro atoms. The minimum absolute atomic E-state index is 0.435. The van der Waals surface area contributed by atoms with E-state index in [9.17, 15) is 8.78 Å². The van der Waals surface area contributed by atoms with Crippen LogP contribution in [0.3, 0.4) is 0 Å². The first kappa shape index (κ1) is 8.81. The van der Waals surface area contributed by atoms with E-state index < -0.39 is 11.8 Å². The Morgan fingerprint density at radius 2 is 1.57 bits per heavy atom. The molecule has 0 saturated carbocycles. The van der Waals surface area contributed by atoms with Crippen LogP contribution in [-0.4, -0.2) is 4.98 Å². The van der Waals surface area contributed by atoms with E-state index in [1.165, 1.54) is 6.07 Å². The maximum Gasteiger partial charge on any atom is 0.249 e. The molecule has 2 rings (SSSR count). The van der Waals surface area contributed by atoms with Gasteiger partial charge in [-0.2, -0.15) is 4.39 Å². The highest BCUT2D eigenvalue weighted by Gasteiger charge is 2.04. The van der Waals surface area contributed by atoms with Crippen molar-refractivity contribution in [1.29, 1.82) is 0 Å². The van der Waals surface area contributed by atoms with E-state index in [-0.39, 0.29) is 0 Å². The van der Waals surface area contributed by atoms with Crippen molar-refractivity contribution < 1.29 is 8.78 Å². The Bertz CT molecular complexity index is 440. The number of benzene rings is 1. The molecule has 0 bridgehead atoms. The maximum absolute atomic E-state index is 12.8. The Morgan fingerprint density at radius 1 is 0.857 bits per heavy atom. The van der Waals surface area contributed by atoms with Crippen LogP contribution in [0.1, 0.15) is 0 Å². The molecule has 14 heavy (non-hydrogen) atoms. The standard InChI is InChI=1S/C11H7F2N/c12-9-6-7-10(14-11(9)13)8-4-2-1-3-5-8/h1-7H. The van der Waals surface area contributed by atoms with Crippen LogP contribution in [-0.2, 0) is 0 Å². The van der Waals surface area contributed by atoms with Gasteiger partial charge in [-0.15, -0.1) is 0 Å². The van der Waals surface area contributed by atoms with Crippen LogP contribution in [0.15, 0.2) is 42.5 Å². The van der Waals surface area contributed by atoms with Gasteiger partial charge in [0.1, 0.15) is 0 Å². The molecule has 1 aromatic heterocycles. The summed E-state index contributed by atoms with van der Waals surface area (Å²) in [5.41, 5.74) is 1.20. The molecule has 0 radical (unpaired) electrons. The van der Waals surface area contributed by atoms with Crippen molar-refractivity contribution in [3.8, 4) is 11.3 Å². The minimum Gasteiger partial charge on any atom is -0.217 e. The second kappa shape index (κ2) is 3.54. The lowest BCUT2D eigenvalue weighted by molar-refractivity contribution is 0.480. The highest BCUT2D eigenvalue weighted by Crippen LogP contribution is 2.17.